The van der Waals surface area contributed by atoms with E-state index in [1.807, 2.05) is 0 Å². The van der Waals surface area contributed by atoms with E-state index in [0.717, 1.165) is 10.4 Å². The third-order valence-corrected chi connectivity index (χ3v) is 5.07. The molecule has 1 aliphatic rings. The fourth-order valence-corrected chi connectivity index (χ4v) is 3.46. The topological polar surface area (TPSA) is 102 Å². The predicted molar refractivity (Wildman–Crippen MR) is 71.6 cm³/mol. The van der Waals surface area contributed by atoms with E-state index in [0.29, 0.717) is 0 Å². The number of anilines is 1. The minimum atomic E-state index is -3.88. The van der Waals surface area contributed by atoms with Crippen LogP contribution in [0, 0.1) is 5.82 Å². The number of benzene rings is 1. The maximum absolute atomic E-state index is 13.9. The number of halogens is 2. The molecule has 1 aromatic rings. The molecule has 0 saturated heterocycles. The highest BCUT2D eigenvalue weighted by Crippen LogP contribution is 2.35. The van der Waals surface area contributed by atoms with Crippen LogP contribution in [0.1, 0.15) is 5.56 Å². The first-order valence-corrected chi connectivity index (χ1v) is 7.26. The van der Waals surface area contributed by atoms with Crippen molar-refractivity contribution in [2.75, 3.05) is 25.2 Å². The molecule has 1 aromatic carbocycles. The first kappa shape index (κ1) is 14.5. The zero-order chi connectivity index (χ0) is 15.1. The molecule has 0 unspecified atom stereocenters. The Balaban J connectivity index is 2.70. The predicted octanol–water partition coefficient (Wildman–Crippen LogP) is 0.163. The van der Waals surface area contributed by atoms with Gasteiger partial charge in [0.15, 0.2) is 0 Å². The number of hydrogen-bond donors (Lipinski definition) is 2. The number of nitrogen functional groups attached to an aromatic ring is 1. The molecule has 110 valence electrons. The van der Waals surface area contributed by atoms with Crippen LogP contribution in [0.2, 0.25) is 0 Å². The van der Waals surface area contributed by atoms with Gasteiger partial charge >= 0.3 is 0 Å². The molecule has 4 N–H and O–H groups in total. The molecule has 1 heterocycles. The van der Waals surface area contributed by atoms with E-state index < -0.39 is 39.8 Å². The van der Waals surface area contributed by atoms with Gasteiger partial charge in [0.05, 0.1) is 0 Å². The van der Waals surface area contributed by atoms with E-state index >= 15 is 0 Å². The number of rotatable bonds is 2. The first-order valence-electron chi connectivity index (χ1n) is 5.65. The summed E-state index contributed by atoms with van der Waals surface area (Å²) in [6, 6.07) is 3.51. The van der Waals surface area contributed by atoms with Gasteiger partial charge in [-0.2, -0.15) is 0 Å². The first-order chi connectivity index (χ1) is 9.22. The Morgan fingerprint density at radius 2 is 2.10 bits per heavy atom. The van der Waals surface area contributed by atoms with Crippen LogP contribution in [-0.4, -0.2) is 38.2 Å². The minimum Gasteiger partial charge on any atom is -0.399 e. The lowest BCUT2D eigenvalue weighted by molar-refractivity contribution is 0.319. The maximum atomic E-state index is 13.9. The summed E-state index contributed by atoms with van der Waals surface area (Å²) in [6.07, 6.45) is 0. The van der Waals surface area contributed by atoms with Crippen LogP contribution in [0.25, 0.3) is 0 Å². The van der Waals surface area contributed by atoms with Crippen molar-refractivity contribution in [3.8, 4) is 0 Å². The quantitative estimate of drug-likeness (QED) is 0.760. The second-order valence-electron chi connectivity index (χ2n) is 4.60. The van der Waals surface area contributed by atoms with Gasteiger partial charge in [0.25, 0.3) is 0 Å². The van der Waals surface area contributed by atoms with Gasteiger partial charge in [-0.15, -0.1) is 0 Å². The van der Waals surface area contributed by atoms with E-state index in [-0.39, 0.29) is 11.3 Å². The van der Waals surface area contributed by atoms with E-state index in [2.05, 4.69) is 4.99 Å². The lowest BCUT2D eigenvalue weighted by Gasteiger charge is -2.35. The molecule has 0 aromatic heterocycles. The van der Waals surface area contributed by atoms with Crippen LogP contribution < -0.4 is 11.5 Å². The smallest absolute Gasteiger partial charge is 0.240 e. The van der Waals surface area contributed by atoms with Crippen molar-refractivity contribution in [3.63, 3.8) is 0 Å². The molecule has 1 atom stereocenters. The Bertz CT molecular complexity index is 677. The van der Waals surface area contributed by atoms with Crippen molar-refractivity contribution in [2.45, 2.75) is 5.54 Å². The number of nitrogens with two attached hydrogens (primary N) is 2. The molecule has 20 heavy (non-hydrogen) atoms. The number of guanidine groups is 1. The molecule has 6 nitrogen and oxygen atoms in total. The normalized spacial score (nSPS) is 25.4. The third-order valence-electron chi connectivity index (χ3n) is 3.20. The minimum absolute atomic E-state index is 0.180. The second kappa shape index (κ2) is 4.58. The number of nitrogens with zero attached hydrogens (tertiary/aromatic N) is 2. The molecule has 9 heteroatoms. The van der Waals surface area contributed by atoms with Gasteiger partial charge in [0.1, 0.15) is 23.8 Å². The molecule has 0 bridgehead atoms. The SMILES string of the molecule is CN1C(N)=N[C@](CF)(c2cc(N)ccc2F)CS1(=O)=O. The van der Waals surface area contributed by atoms with Gasteiger partial charge in [0, 0.05) is 18.3 Å². The Hall–Kier alpha value is -1.90. The summed E-state index contributed by atoms with van der Waals surface area (Å²) in [4.78, 5) is 3.85. The van der Waals surface area contributed by atoms with Crippen molar-refractivity contribution < 1.29 is 17.2 Å². The summed E-state index contributed by atoms with van der Waals surface area (Å²) >= 11 is 0. The molecule has 2 rings (SSSR count). The van der Waals surface area contributed by atoms with Gasteiger partial charge < -0.3 is 11.5 Å². The largest absolute Gasteiger partial charge is 0.399 e. The van der Waals surface area contributed by atoms with E-state index in [9.17, 15) is 17.2 Å². The van der Waals surface area contributed by atoms with Gasteiger partial charge in [-0.25, -0.2) is 26.5 Å². The molecular formula is C11H14F2N4O2S. The van der Waals surface area contributed by atoms with E-state index in [4.69, 9.17) is 11.5 Å². The Morgan fingerprint density at radius 3 is 2.65 bits per heavy atom. The highest BCUT2D eigenvalue weighted by atomic mass is 32.2. The molecular weight excluding hydrogens is 290 g/mol. The van der Waals surface area contributed by atoms with Crippen LogP contribution in [0.5, 0.6) is 0 Å². The summed E-state index contributed by atoms with van der Waals surface area (Å²) in [6.45, 7) is -1.21. The van der Waals surface area contributed by atoms with Gasteiger partial charge in [-0.1, -0.05) is 0 Å². The van der Waals surface area contributed by atoms with Gasteiger partial charge in [-0.05, 0) is 18.2 Å². The molecule has 0 spiro atoms. The number of aliphatic imine (C=N–C) groups is 1. The summed E-state index contributed by atoms with van der Waals surface area (Å²) in [5.41, 5.74) is 9.11. The summed E-state index contributed by atoms with van der Waals surface area (Å²) in [5.74, 6) is -1.89. The molecule has 0 radical (unpaired) electrons. The third kappa shape index (κ3) is 2.17. The number of sulfonamides is 1. The summed E-state index contributed by atoms with van der Waals surface area (Å²) in [7, 11) is -2.68. The zero-order valence-corrected chi connectivity index (χ0v) is 11.5. The maximum Gasteiger partial charge on any atom is 0.240 e. The van der Waals surface area contributed by atoms with Crippen molar-refractivity contribution >= 4 is 21.7 Å². The van der Waals surface area contributed by atoms with Crippen molar-refractivity contribution in [1.82, 2.24) is 4.31 Å². The lowest BCUT2D eigenvalue weighted by atomic mass is 9.93. The number of alkyl halides is 1. The Kier molecular flexibility index (Phi) is 3.32. The Labute approximate surface area is 115 Å². The van der Waals surface area contributed by atoms with Crippen LogP contribution in [-0.2, 0) is 15.6 Å². The zero-order valence-electron chi connectivity index (χ0n) is 10.7. The molecule has 0 aliphatic carbocycles. The van der Waals surface area contributed by atoms with Crippen molar-refractivity contribution in [3.05, 3.63) is 29.6 Å². The Morgan fingerprint density at radius 1 is 1.45 bits per heavy atom. The van der Waals surface area contributed by atoms with Crippen LogP contribution in [0.4, 0.5) is 14.5 Å². The molecule has 0 amide bonds. The second-order valence-corrected chi connectivity index (χ2v) is 6.60. The monoisotopic (exact) mass is 304 g/mol. The van der Waals surface area contributed by atoms with Crippen molar-refractivity contribution in [2.24, 2.45) is 10.7 Å². The molecule has 1 aliphatic heterocycles. The fourth-order valence-electron chi connectivity index (χ4n) is 2.04. The van der Waals surface area contributed by atoms with Crippen LogP contribution >= 0.6 is 0 Å². The standard InChI is InChI=1S/C11H14F2N4O2S/c1-17-10(15)16-11(5-12,6-20(17,18)19)8-4-7(14)2-3-9(8)13/h2-4H,5-6,14H2,1H3,(H2,15,16)/t11-/m0/s1. The van der Waals surface area contributed by atoms with Crippen LogP contribution in [0.3, 0.4) is 0 Å². The van der Waals surface area contributed by atoms with E-state index in [1.165, 1.54) is 19.2 Å². The average molecular weight is 304 g/mol. The highest BCUT2D eigenvalue weighted by molar-refractivity contribution is 7.89. The van der Waals surface area contributed by atoms with Crippen LogP contribution in [0.15, 0.2) is 23.2 Å². The fraction of sp³-hybridized carbons (Fsp3) is 0.364. The highest BCUT2D eigenvalue weighted by Gasteiger charge is 2.45. The number of hydrogen-bond acceptors (Lipinski definition) is 5. The van der Waals surface area contributed by atoms with Gasteiger partial charge in [-0.3, -0.25) is 0 Å². The van der Waals surface area contributed by atoms with E-state index in [1.54, 1.807) is 0 Å². The molecule has 0 saturated carbocycles. The summed E-state index contributed by atoms with van der Waals surface area (Å²) < 4.78 is 52.1. The molecule has 0 fully saturated rings. The van der Waals surface area contributed by atoms with Gasteiger partial charge in [0.2, 0.25) is 16.0 Å². The lowest BCUT2D eigenvalue weighted by Crippen LogP contribution is -2.52. The average Bonchev–Trinajstić information content (AvgIpc) is 2.38. The summed E-state index contributed by atoms with van der Waals surface area (Å²) in [5, 5.41) is 0. The van der Waals surface area contributed by atoms with Crippen molar-refractivity contribution in [1.29, 1.82) is 0 Å².